The fraction of sp³-hybridized carbons (Fsp3) is 0.227. The molecule has 1 N–H and O–H groups in total. The molecule has 0 aliphatic heterocycles. The molecule has 1 amide bonds. The molecule has 1 heterocycles. The van der Waals surface area contributed by atoms with Crippen molar-refractivity contribution in [2.75, 3.05) is 19.8 Å². The first-order valence-corrected chi connectivity index (χ1v) is 9.90. The summed E-state index contributed by atoms with van der Waals surface area (Å²) in [6.45, 7) is 2.70. The van der Waals surface area contributed by atoms with Gasteiger partial charge in [-0.15, -0.1) is 0 Å². The zero-order chi connectivity index (χ0) is 21.3. The molecule has 3 aromatic rings. The molecule has 0 bridgehead atoms. The van der Waals surface area contributed by atoms with Gasteiger partial charge in [-0.2, -0.15) is 5.10 Å². The summed E-state index contributed by atoms with van der Waals surface area (Å²) in [6.07, 6.45) is 0. The number of halogens is 1. The van der Waals surface area contributed by atoms with Gasteiger partial charge in [-0.1, -0.05) is 35.9 Å². The molecule has 0 unspecified atom stereocenters. The molecule has 30 heavy (non-hydrogen) atoms. The number of carbonyl (C=O) groups excluding carboxylic acids is 1. The van der Waals surface area contributed by atoms with Gasteiger partial charge < -0.3 is 14.8 Å². The lowest BCUT2D eigenvalue weighted by molar-refractivity contribution is -0.123. The first-order valence-electron chi connectivity index (χ1n) is 9.52. The van der Waals surface area contributed by atoms with Crippen LogP contribution in [0.2, 0.25) is 5.02 Å². The topological polar surface area (TPSA) is 82.4 Å². The van der Waals surface area contributed by atoms with Crippen molar-refractivity contribution >= 4 is 17.5 Å². The normalized spacial score (nSPS) is 10.5. The van der Waals surface area contributed by atoms with Gasteiger partial charge in [0.2, 0.25) is 0 Å². The van der Waals surface area contributed by atoms with Crippen LogP contribution in [0.25, 0.3) is 11.3 Å². The Balaban J connectivity index is 1.53. The first-order chi connectivity index (χ1) is 14.6. The molecule has 0 spiro atoms. The Hall–Kier alpha value is -3.32. The maximum Gasteiger partial charge on any atom is 0.266 e. The molecule has 2 aromatic carbocycles. The van der Waals surface area contributed by atoms with Crippen LogP contribution in [-0.4, -0.2) is 35.4 Å². The minimum absolute atomic E-state index is 0.156. The number of nitrogens with one attached hydrogen (secondary N) is 1. The molecule has 0 saturated carbocycles. The van der Waals surface area contributed by atoms with Crippen LogP contribution in [0, 0.1) is 0 Å². The minimum Gasteiger partial charge on any atom is -0.490 e. The van der Waals surface area contributed by atoms with Crippen LogP contribution in [0.3, 0.4) is 0 Å². The third-order valence-electron chi connectivity index (χ3n) is 4.16. The number of aromatic nitrogens is 2. The van der Waals surface area contributed by atoms with E-state index in [-0.39, 0.29) is 31.2 Å². The van der Waals surface area contributed by atoms with E-state index >= 15 is 0 Å². The predicted molar refractivity (Wildman–Crippen MR) is 115 cm³/mol. The zero-order valence-electron chi connectivity index (χ0n) is 16.5. The molecule has 7 nitrogen and oxygen atoms in total. The fourth-order valence-electron chi connectivity index (χ4n) is 2.72. The standard InChI is InChI=1S/C22H22ClN3O4/c1-2-29-19-5-3-4-6-20(19)30-15-21(27)24-13-14-26-22(28)12-11-18(25-26)16-7-9-17(23)10-8-16/h3-12H,2,13-15H2,1H3,(H,24,27). The second kappa shape index (κ2) is 10.5. The Morgan fingerprint density at radius 2 is 1.73 bits per heavy atom. The Kier molecular flexibility index (Phi) is 7.45. The summed E-state index contributed by atoms with van der Waals surface area (Å²) < 4.78 is 12.3. The molecule has 1 aromatic heterocycles. The number of amides is 1. The van der Waals surface area contributed by atoms with Gasteiger partial charge in [-0.05, 0) is 37.3 Å². The Morgan fingerprint density at radius 3 is 2.43 bits per heavy atom. The van der Waals surface area contributed by atoms with Crippen LogP contribution in [0.15, 0.2) is 65.5 Å². The van der Waals surface area contributed by atoms with Crippen molar-refractivity contribution in [2.45, 2.75) is 13.5 Å². The Bertz CT molecular complexity index is 1050. The number of rotatable bonds is 9. The molecule has 0 aliphatic carbocycles. The van der Waals surface area contributed by atoms with Crippen molar-refractivity contribution in [3.05, 3.63) is 76.0 Å². The average Bonchev–Trinajstić information content (AvgIpc) is 2.75. The maximum atomic E-state index is 12.1. The summed E-state index contributed by atoms with van der Waals surface area (Å²) >= 11 is 5.91. The van der Waals surface area contributed by atoms with Crippen molar-refractivity contribution in [2.24, 2.45) is 0 Å². The number of hydrogen-bond donors (Lipinski definition) is 1. The van der Waals surface area contributed by atoms with Gasteiger partial charge >= 0.3 is 0 Å². The van der Waals surface area contributed by atoms with Gasteiger partial charge in [0.05, 0.1) is 18.8 Å². The fourth-order valence-corrected chi connectivity index (χ4v) is 2.85. The van der Waals surface area contributed by atoms with Crippen LogP contribution in [0.5, 0.6) is 11.5 Å². The van der Waals surface area contributed by atoms with Gasteiger partial charge in [0.1, 0.15) is 0 Å². The van der Waals surface area contributed by atoms with Crippen LogP contribution in [-0.2, 0) is 11.3 Å². The van der Waals surface area contributed by atoms with E-state index in [1.54, 1.807) is 30.3 Å². The molecule has 0 aliphatic rings. The lowest BCUT2D eigenvalue weighted by atomic mass is 10.1. The van der Waals surface area contributed by atoms with Gasteiger partial charge in [-0.3, -0.25) is 9.59 Å². The molecular weight excluding hydrogens is 406 g/mol. The second-order valence-electron chi connectivity index (χ2n) is 6.31. The Labute approximate surface area is 179 Å². The quantitative estimate of drug-likeness (QED) is 0.567. The number of hydrogen-bond acceptors (Lipinski definition) is 5. The van der Waals surface area contributed by atoms with E-state index in [0.29, 0.717) is 28.8 Å². The first kappa shape index (κ1) is 21.4. The third-order valence-corrected chi connectivity index (χ3v) is 4.41. The van der Waals surface area contributed by atoms with Crippen molar-refractivity contribution in [1.82, 2.24) is 15.1 Å². The summed E-state index contributed by atoms with van der Waals surface area (Å²) in [5.41, 5.74) is 1.25. The van der Waals surface area contributed by atoms with Crippen LogP contribution in [0.4, 0.5) is 0 Å². The maximum absolute atomic E-state index is 12.1. The monoisotopic (exact) mass is 427 g/mol. The van der Waals surface area contributed by atoms with Gasteiger partial charge in [0.25, 0.3) is 11.5 Å². The Morgan fingerprint density at radius 1 is 1.03 bits per heavy atom. The van der Waals surface area contributed by atoms with E-state index in [1.807, 2.05) is 31.2 Å². The van der Waals surface area contributed by atoms with E-state index < -0.39 is 0 Å². The SMILES string of the molecule is CCOc1ccccc1OCC(=O)NCCn1nc(-c2ccc(Cl)cc2)ccc1=O. The van der Waals surface area contributed by atoms with Gasteiger partial charge in [0, 0.05) is 23.2 Å². The van der Waals surface area contributed by atoms with Gasteiger partial charge in [0.15, 0.2) is 18.1 Å². The summed E-state index contributed by atoms with van der Waals surface area (Å²) in [5, 5.41) is 7.71. The van der Waals surface area contributed by atoms with Gasteiger partial charge in [-0.25, -0.2) is 4.68 Å². The molecule has 8 heteroatoms. The molecule has 3 rings (SSSR count). The zero-order valence-corrected chi connectivity index (χ0v) is 17.3. The molecule has 0 saturated heterocycles. The average molecular weight is 428 g/mol. The minimum atomic E-state index is -0.303. The van der Waals surface area contributed by atoms with E-state index in [0.717, 1.165) is 5.56 Å². The van der Waals surface area contributed by atoms with Crippen molar-refractivity contribution in [3.8, 4) is 22.8 Å². The van der Waals surface area contributed by atoms with Crippen LogP contribution >= 0.6 is 11.6 Å². The van der Waals surface area contributed by atoms with Crippen molar-refractivity contribution in [1.29, 1.82) is 0 Å². The number of para-hydroxylation sites is 2. The molecular formula is C22H22ClN3O4. The molecule has 0 radical (unpaired) electrons. The van der Waals surface area contributed by atoms with E-state index in [4.69, 9.17) is 21.1 Å². The smallest absolute Gasteiger partial charge is 0.266 e. The number of nitrogens with zero attached hydrogens (tertiary/aromatic N) is 2. The highest BCUT2D eigenvalue weighted by Gasteiger charge is 2.08. The third kappa shape index (κ3) is 5.84. The van der Waals surface area contributed by atoms with Crippen LogP contribution < -0.4 is 20.3 Å². The summed E-state index contributed by atoms with van der Waals surface area (Å²) in [6, 6.07) is 17.5. The van der Waals surface area contributed by atoms with Crippen molar-refractivity contribution in [3.63, 3.8) is 0 Å². The highest BCUT2D eigenvalue weighted by Crippen LogP contribution is 2.26. The number of benzene rings is 2. The molecule has 156 valence electrons. The summed E-state index contributed by atoms with van der Waals surface area (Å²) in [5.74, 6) is 0.786. The number of ether oxygens (including phenoxy) is 2. The molecule has 0 atom stereocenters. The van der Waals surface area contributed by atoms with Crippen molar-refractivity contribution < 1.29 is 14.3 Å². The lowest BCUT2D eigenvalue weighted by Crippen LogP contribution is -2.34. The van der Waals surface area contributed by atoms with E-state index in [2.05, 4.69) is 10.4 Å². The highest BCUT2D eigenvalue weighted by atomic mass is 35.5. The lowest BCUT2D eigenvalue weighted by Gasteiger charge is -2.12. The molecule has 0 fully saturated rings. The van der Waals surface area contributed by atoms with Crippen LogP contribution in [0.1, 0.15) is 6.92 Å². The highest BCUT2D eigenvalue weighted by molar-refractivity contribution is 6.30. The summed E-state index contributed by atoms with van der Waals surface area (Å²) in [7, 11) is 0. The predicted octanol–water partition coefficient (Wildman–Crippen LogP) is 3.16. The second-order valence-corrected chi connectivity index (χ2v) is 6.74. The largest absolute Gasteiger partial charge is 0.490 e. The number of carbonyl (C=O) groups is 1. The van der Waals surface area contributed by atoms with E-state index in [9.17, 15) is 9.59 Å². The van der Waals surface area contributed by atoms with E-state index in [1.165, 1.54) is 10.7 Å². The summed E-state index contributed by atoms with van der Waals surface area (Å²) in [4.78, 5) is 24.2.